The van der Waals surface area contributed by atoms with Crippen molar-refractivity contribution in [3.8, 4) is 11.4 Å². The van der Waals surface area contributed by atoms with E-state index in [1.807, 2.05) is 23.6 Å². The predicted octanol–water partition coefficient (Wildman–Crippen LogP) is 2.48. The molecule has 3 heterocycles. The van der Waals surface area contributed by atoms with Crippen LogP contribution in [-0.2, 0) is 6.54 Å². The van der Waals surface area contributed by atoms with Gasteiger partial charge in [0.05, 0.1) is 16.7 Å². The van der Waals surface area contributed by atoms with E-state index in [4.69, 9.17) is 0 Å². The van der Waals surface area contributed by atoms with Crippen molar-refractivity contribution in [1.82, 2.24) is 19.5 Å². The molecule has 0 radical (unpaired) electrons. The minimum Gasteiger partial charge on any atom is -0.316 e. The Morgan fingerprint density at radius 1 is 1.21 bits per heavy atom. The van der Waals surface area contributed by atoms with Crippen LogP contribution in [0.3, 0.4) is 0 Å². The molecular weight excluding hydrogens is 378 g/mol. The topological polar surface area (TPSA) is 110 Å². The van der Waals surface area contributed by atoms with Gasteiger partial charge in [0.15, 0.2) is 5.13 Å². The summed E-state index contributed by atoms with van der Waals surface area (Å²) in [6, 6.07) is 10.3. The van der Waals surface area contributed by atoms with Crippen molar-refractivity contribution in [3.05, 3.63) is 74.2 Å². The third kappa shape index (κ3) is 3.23. The Morgan fingerprint density at radius 2 is 2.07 bits per heavy atom. The predicted molar refractivity (Wildman–Crippen MR) is 108 cm³/mol. The number of H-pyrrole nitrogens is 1. The van der Waals surface area contributed by atoms with E-state index in [-0.39, 0.29) is 5.91 Å². The number of nitrogens with one attached hydrogen (secondary N) is 2. The Kier molecular flexibility index (Phi) is 4.58. The number of rotatable bonds is 4. The zero-order valence-electron chi connectivity index (χ0n) is 14.8. The van der Waals surface area contributed by atoms with Crippen LogP contribution < -0.4 is 16.4 Å². The molecule has 0 aliphatic heterocycles. The number of fused-ring (bicyclic) bond motifs is 1. The summed E-state index contributed by atoms with van der Waals surface area (Å²) < 4.78 is 1.37. The van der Waals surface area contributed by atoms with E-state index >= 15 is 0 Å². The van der Waals surface area contributed by atoms with Crippen LogP contribution in [0.15, 0.2) is 57.6 Å². The molecule has 0 spiro atoms. The number of aromatic nitrogens is 4. The number of carbonyl (C=O) groups excluding carboxylic acids is 1. The van der Waals surface area contributed by atoms with Gasteiger partial charge in [0.2, 0.25) is 0 Å². The first-order chi connectivity index (χ1) is 13.6. The van der Waals surface area contributed by atoms with Crippen molar-refractivity contribution in [2.45, 2.75) is 13.5 Å². The minimum absolute atomic E-state index is 0.346. The number of carbonyl (C=O) groups is 1. The molecule has 0 saturated carbocycles. The molecule has 0 aliphatic carbocycles. The van der Waals surface area contributed by atoms with Crippen molar-refractivity contribution in [1.29, 1.82) is 0 Å². The average Bonchev–Trinajstić information content (AvgIpc) is 3.18. The molecule has 2 N–H and O–H groups in total. The molecule has 0 bridgehead atoms. The molecule has 1 amide bonds. The van der Waals surface area contributed by atoms with Crippen molar-refractivity contribution in [2.75, 3.05) is 5.32 Å². The summed E-state index contributed by atoms with van der Waals surface area (Å²) in [5.41, 5.74) is 1.40. The maximum absolute atomic E-state index is 12.6. The molecule has 4 rings (SSSR count). The summed E-state index contributed by atoms with van der Waals surface area (Å²) in [6.45, 7) is 2.14. The second-order valence-electron chi connectivity index (χ2n) is 5.94. The van der Waals surface area contributed by atoms with Gasteiger partial charge >= 0.3 is 11.1 Å². The first kappa shape index (κ1) is 17.8. The van der Waals surface area contributed by atoms with Gasteiger partial charge in [-0.05, 0) is 37.3 Å². The van der Waals surface area contributed by atoms with Crippen LogP contribution in [0, 0.1) is 0 Å². The normalized spacial score (nSPS) is 10.9. The van der Waals surface area contributed by atoms with E-state index in [9.17, 15) is 14.4 Å². The van der Waals surface area contributed by atoms with Gasteiger partial charge in [-0.25, -0.2) is 4.98 Å². The van der Waals surface area contributed by atoms with Gasteiger partial charge in [-0.1, -0.05) is 6.07 Å². The Balaban J connectivity index is 1.63. The van der Waals surface area contributed by atoms with Gasteiger partial charge in [0, 0.05) is 23.7 Å². The van der Waals surface area contributed by atoms with Gasteiger partial charge in [0.1, 0.15) is 5.69 Å². The first-order valence-corrected chi connectivity index (χ1v) is 9.40. The Labute approximate surface area is 162 Å². The van der Waals surface area contributed by atoms with Crippen LogP contribution in [-0.4, -0.2) is 25.4 Å². The van der Waals surface area contributed by atoms with E-state index in [0.717, 1.165) is 5.69 Å². The zero-order valence-corrected chi connectivity index (χ0v) is 15.6. The van der Waals surface area contributed by atoms with Crippen LogP contribution in [0.1, 0.15) is 17.3 Å². The number of aryl methyl sites for hydroxylation is 1. The highest BCUT2D eigenvalue weighted by Crippen LogP contribution is 2.23. The maximum atomic E-state index is 12.6. The van der Waals surface area contributed by atoms with Crippen molar-refractivity contribution in [3.63, 3.8) is 0 Å². The molecule has 0 aliphatic rings. The number of anilines is 1. The highest BCUT2D eigenvalue weighted by atomic mass is 32.1. The standard InChI is InChI=1S/C19H15N5O3S/c1-2-24-15-7-6-11(9-13(15)21-17(26)18(24)27)16(25)23-19-22-14(10-28-19)12-5-3-4-8-20-12/h3-10H,2H2,1H3,(H,21,26)(H,22,23,25). The monoisotopic (exact) mass is 393 g/mol. The molecule has 4 aromatic rings. The van der Waals surface area contributed by atoms with Crippen LogP contribution in [0.25, 0.3) is 22.4 Å². The number of hydrogen-bond donors (Lipinski definition) is 2. The lowest BCUT2D eigenvalue weighted by Crippen LogP contribution is -2.36. The number of benzene rings is 1. The summed E-state index contributed by atoms with van der Waals surface area (Å²) in [4.78, 5) is 47.5. The van der Waals surface area contributed by atoms with E-state index < -0.39 is 11.1 Å². The smallest absolute Gasteiger partial charge is 0.316 e. The number of aromatic amines is 1. The third-order valence-electron chi connectivity index (χ3n) is 4.21. The van der Waals surface area contributed by atoms with Crippen LogP contribution in [0.2, 0.25) is 0 Å². The van der Waals surface area contributed by atoms with E-state index in [0.29, 0.717) is 34.0 Å². The second kappa shape index (κ2) is 7.20. The largest absolute Gasteiger partial charge is 0.316 e. The zero-order chi connectivity index (χ0) is 19.7. The van der Waals surface area contributed by atoms with Crippen molar-refractivity contribution >= 4 is 33.4 Å². The average molecular weight is 393 g/mol. The van der Waals surface area contributed by atoms with E-state index in [1.165, 1.54) is 15.9 Å². The minimum atomic E-state index is -0.716. The Bertz CT molecular complexity index is 1290. The molecule has 9 heteroatoms. The van der Waals surface area contributed by atoms with Crippen molar-refractivity contribution < 1.29 is 4.79 Å². The summed E-state index contributed by atoms with van der Waals surface area (Å²) in [7, 11) is 0. The molecule has 1 aromatic carbocycles. The number of nitrogens with zero attached hydrogens (tertiary/aromatic N) is 3. The van der Waals surface area contributed by atoms with E-state index in [2.05, 4.69) is 20.3 Å². The number of hydrogen-bond acceptors (Lipinski definition) is 6. The molecule has 8 nitrogen and oxygen atoms in total. The van der Waals surface area contributed by atoms with Gasteiger partial charge in [-0.3, -0.25) is 24.7 Å². The number of thiazole rings is 1. The van der Waals surface area contributed by atoms with Crippen molar-refractivity contribution in [2.24, 2.45) is 0 Å². The van der Waals surface area contributed by atoms with Gasteiger partial charge in [-0.15, -0.1) is 11.3 Å². The highest BCUT2D eigenvalue weighted by molar-refractivity contribution is 7.14. The lowest BCUT2D eigenvalue weighted by molar-refractivity contribution is 0.102. The van der Waals surface area contributed by atoms with Gasteiger partial charge in [0.25, 0.3) is 5.91 Å². The van der Waals surface area contributed by atoms with E-state index in [1.54, 1.807) is 31.3 Å². The summed E-state index contributed by atoms with van der Waals surface area (Å²) in [5.74, 6) is -0.362. The van der Waals surface area contributed by atoms with Gasteiger partial charge in [-0.2, -0.15) is 0 Å². The fourth-order valence-electron chi connectivity index (χ4n) is 2.87. The molecule has 0 saturated heterocycles. The molecule has 0 unspecified atom stereocenters. The lowest BCUT2D eigenvalue weighted by Gasteiger charge is -2.08. The molecule has 140 valence electrons. The lowest BCUT2D eigenvalue weighted by atomic mass is 10.1. The second-order valence-corrected chi connectivity index (χ2v) is 6.80. The van der Waals surface area contributed by atoms with Crippen LogP contribution >= 0.6 is 11.3 Å². The fraction of sp³-hybridized carbons (Fsp3) is 0.105. The Hall–Kier alpha value is -3.59. The number of amides is 1. The summed E-state index contributed by atoms with van der Waals surface area (Å²) >= 11 is 1.30. The molecule has 3 aromatic heterocycles. The van der Waals surface area contributed by atoms with Gasteiger partial charge < -0.3 is 9.55 Å². The third-order valence-corrected chi connectivity index (χ3v) is 4.96. The summed E-state index contributed by atoms with van der Waals surface area (Å²) in [6.07, 6.45) is 1.68. The van der Waals surface area contributed by atoms with Crippen LogP contribution in [0.5, 0.6) is 0 Å². The molecular formula is C19H15N5O3S. The quantitative estimate of drug-likeness (QED) is 0.518. The Morgan fingerprint density at radius 3 is 2.82 bits per heavy atom. The van der Waals surface area contributed by atoms with Crippen LogP contribution in [0.4, 0.5) is 5.13 Å². The molecule has 0 atom stereocenters. The first-order valence-electron chi connectivity index (χ1n) is 8.52. The summed E-state index contributed by atoms with van der Waals surface area (Å²) in [5, 5.41) is 5.01. The number of pyridine rings is 1. The molecule has 28 heavy (non-hydrogen) atoms. The SMILES string of the molecule is CCn1c(=O)c(=O)[nH]c2cc(C(=O)Nc3nc(-c4ccccn4)cs3)ccc21. The molecule has 0 fully saturated rings. The maximum Gasteiger partial charge on any atom is 0.316 e. The fourth-order valence-corrected chi connectivity index (χ4v) is 3.57. The highest BCUT2D eigenvalue weighted by Gasteiger charge is 2.13.